The Morgan fingerprint density at radius 2 is 1.58 bits per heavy atom. The Labute approximate surface area is 190 Å². The number of amidine groups is 1. The summed E-state index contributed by atoms with van der Waals surface area (Å²) in [4.78, 5) is 22.3. The molecule has 11 heteroatoms. The highest BCUT2D eigenvalue weighted by Crippen LogP contribution is 2.35. The number of quaternary nitrogens is 1. The van der Waals surface area contributed by atoms with Gasteiger partial charge in [0.2, 0.25) is 0 Å². The number of likely N-dealkylation sites (tertiary alicyclic amines) is 1. The third-order valence-electron chi connectivity index (χ3n) is 6.58. The maximum absolute atomic E-state index is 11.0. The van der Waals surface area contributed by atoms with E-state index in [4.69, 9.17) is 26.2 Å². The van der Waals surface area contributed by atoms with Crippen LogP contribution in [0.4, 0.5) is 18.9 Å². The van der Waals surface area contributed by atoms with Crippen LogP contribution in [-0.2, 0) is 9.59 Å². The fraction of sp³-hybridized carbons (Fsp3) is 0.591. The minimum Gasteiger partial charge on any atom is -0.542 e. The van der Waals surface area contributed by atoms with E-state index in [1.54, 1.807) is 0 Å². The predicted molar refractivity (Wildman–Crippen MR) is 115 cm³/mol. The average Bonchev–Trinajstić information content (AvgIpc) is 2.73. The van der Waals surface area contributed by atoms with Crippen LogP contribution in [0, 0.1) is 17.2 Å². The minimum absolute atomic E-state index is 0.112. The molecule has 1 aromatic rings. The topological polar surface area (TPSA) is 131 Å². The molecule has 3 rings (SSSR count). The fourth-order valence-corrected chi connectivity index (χ4v) is 4.65. The monoisotopic (exact) mass is 472 g/mol. The number of nitrogens with two attached hydrogens (primary N) is 1. The number of carboxylic acids is 2. The van der Waals surface area contributed by atoms with Crippen molar-refractivity contribution in [3.63, 3.8) is 0 Å². The number of benzene rings is 1. The van der Waals surface area contributed by atoms with Crippen LogP contribution < -0.4 is 15.7 Å². The van der Waals surface area contributed by atoms with E-state index in [1.165, 1.54) is 18.5 Å². The maximum atomic E-state index is 11.0. The maximum Gasteiger partial charge on any atom is 0.430 e. The molecule has 0 bridgehead atoms. The zero-order valence-electron chi connectivity index (χ0n) is 18.6. The average molecular weight is 473 g/mol. The first-order valence-corrected chi connectivity index (χ1v) is 10.8. The molecule has 33 heavy (non-hydrogen) atoms. The van der Waals surface area contributed by atoms with Gasteiger partial charge in [-0.05, 0) is 61.8 Å². The largest absolute Gasteiger partial charge is 0.542 e. The third-order valence-corrected chi connectivity index (χ3v) is 6.58. The number of hydrogen-bond donors (Lipinski definition) is 3. The van der Waals surface area contributed by atoms with Gasteiger partial charge in [-0.3, -0.25) is 5.41 Å². The van der Waals surface area contributed by atoms with Crippen molar-refractivity contribution in [3.05, 3.63) is 29.8 Å². The van der Waals surface area contributed by atoms with Gasteiger partial charge >= 0.3 is 12.1 Å². The number of hydrogen-bond acceptors (Lipinski definition) is 5. The number of aliphatic carboxylic acids is 2. The number of likely N-dealkylation sites (N-methyl/N-ethyl adjacent to an activating group) is 1. The van der Waals surface area contributed by atoms with Crippen molar-refractivity contribution < 1.29 is 37.5 Å². The van der Waals surface area contributed by atoms with Crippen LogP contribution in [0.2, 0.25) is 0 Å². The first kappa shape index (κ1) is 26.4. The molecular weight excluding hydrogens is 441 g/mol. The van der Waals surface area contributed by atoms with Gasteiger partial charge in [0, 0.05) is 24.3 Å². The number of nitrogens with one attached hydrogen (secondary N) is 1. The smallest absolute Gasteiger partial charge is 0.430 e. The van der Waals surface area contributed by atoms with Gasteiger partial charge in [0.05, 0.1) is 20.1 Å². The van der Waals surface area contributed by atoms with Crippen molar-refractivity contribution in [2.24, 2.45) is 17.6 Å². The number of halogens is 3. The third kappa shape index (κ3) is 7.92. The summed E-state index contributed by atoms with van der Waals surface area (Å²) >= 11 is 0. The van der Waals surface area contributed by atoms with Gasteiger partial charge in [-0.1, -0.05) is 0 Å². The fourth-order valence-electron chi connectivity index (χ4n) is 4.65. The molecule has 0 atom stereocenters. The van der Waals surface area contributed by atoms with Gasteiger partial charge in [-0.15, -0.1) is 0 Å². The molecule has 0 spiro atoms. The summed E-state index contributed by atoms with van der Waals surface area (Å²) in [6.45, 7) is 4.37. The van der Waals surface area contributed by atoms with E-state index in [0.717, 1.165) is 56.4 Å². The Kier molecular flexibility index (Phi) is 8.70. The number of carboxylic acid groups (broad SMARTS) is 2. The van der Waals surface area contributed by atoms with Gasteiger partial charge in [0.25, 0.3) is 0 Å². The Bertz CT molecular complexity index is 829. The van der Waals surface area contributed by atoms with Gasteiger partial charge in [0.15, 0.2) is 6.54 Å². The van der Waals surface area contributed by atoms with Crippen LogP contribution in [0.15, 0.2) is 24.3 Å². The first-order chi connectivity index (χ1) is 15.3. The Morgan fingerprint density at radius 3 is 1.97 bits per heavy atom. The number of carbonyl (C=O) groups excluding carboxylic acids is 1. The van der Waals surface area contributed by atoms with E-state index < -0.39 is 18.1 Å². The quantitative estimate of drug-likeness (QED) is 0.338. The summed E-state index contributed by atoms with van der Waals surface area (Å²) in [7, 11) is 2.08. The molecule has 4 N–H and O–H groups in total. The van der Waals surface area contributed by atoms with E-state index in [0.29, 0.717) is 4.48 Å². The molecule has 1 aromatic carbocycles. The number of nitrogens with zero attached hydrogens (tertiary/aromatic N) is 2. The lowest BCUT2D eigenvalue weighted by atomic mass is 9.78. The molecule has 2 heterocycles. The second-order valence-electron chi connectivity index (χ2n) is 9.03. The highest BCUT2D eigenvalue weighted by molar-refractivity contribution is 5.95. The van der Waals surface area contributed by atoms with Crippen molar-refractivity contribution in [1.29, 1.82) is 5.41 Å². The molecule has 8 nitrogen and oxygen atoms in total. The molecule has 0 aliphatic carbocycles. The molecular formula is C22H31F3N4O4. The number of carbonyl (C=O) groups is 2. The summed E-state index contributed by atoms with van der Waals surface area (Å²) in [6, 6.07) is 7.97. The molecule has 0 amide bonds. The molecule has 2 fully saturated rings. The molecule has 2 saturated heterocycles. The van der Waals surface area contributed by atoms with Crippen molar-refractivity contribution in [2.75, 3.05) is 44.7 Å². The summed E-state index contributed by atoms with van der Waals surface area (Å²) in [6.07, 6.45) is -0.465. The summed E-state index contributed by atoms with van der Waals surface area (Å²) in [5.74, 6) is -2.07. The number of alkyl halides is 3. The number of rotatable bonds is 5. The summed E-state index contributed by atoms with van der Waals surface area (Å²) in [5.41, 5.74) is 7.51. The molecule has 2 aliphatic rings. The van der Waals surface area contributed by atoms with E-state index in [9.17, 15) is 18.0 Å². The Hall–Kier alpha value is -2.82. The zero-order valence-corrected chi connectivity index (χ0v) is 18.6. The summed E-state index contributed by atoms with van der Waals surface area (Å²) in [5, 5.41) is 25.4. The summed E-state index contributed by atoms with van der Waals surface area (Å²) < 4.78 is 32.2. The predicted octanol–water partition coefficient (Wildman–Crippen LogP) is 1.43. The van der Waals surface area contributed by atoms with E-state index >= 15 is 0 Å². The van der Waals surface area contributed by atoms with E-state index in [2.05, 4.69) is 24.1 Å². The SMILES string of the molecule is C[N@+]1(CC(=O)O)CC[C@H](C2CCN(c3ccc(C(=N)N)cc3)CC2)CC1.O=C([O-])C(F)(F)F. The van der Waals surface area contributed by atoms with Gasteiger partial charge in [0.1, 0.15) is 11.8 Å². The molecule has 0 aromatic heterocycles. The molecule has 2 aliphatic heterocycles. The van der Waals surface area contributed by atoms with Crippen LogP contribution in [0.3, 0.4) is 0 Å². The lowest BCUT2D eigenvalue weighted by Gasteiger charge is -2.43. The lowest BCUT2D eigenvalue weighted by molar-refractivity contribution is -0.908. The van der Waals surface area contributed by atoms with Crippen LogP contribution in [0.5, 0.6) is 0 Å². The van der Waals surface area contributed by atoms with Crippen molar-refractivity contribution in [2.45, 2.75) is 31.9 Å². The zero-order chi connectivity index (χ0) is 24.8. The number of piperidine rings is 2. The van der Waals surface area contributed by atoms with Gasteiger partial charge < -0.3 is 30.1 Å². The first-order valence-electron chi connectivity index (χ1n) is 10.8. The van der Waals surface area contributed by atoms with Crippen molar-refractivity contribution in [3.8, 4) is 0 Å². The van der Waals surface area contributed by atoms with Crippen LogP contribution in [0.1, 0.15) is 31.2 Å². The second-order valence-corrected chi connectivity index (χ2v) is 9.03. The van der Waals surface area contributed by atoms with Crippen LogP contribution in [-0.4, -0.2) is 73.3 Å². The number of anilines is 1. The Morgan fingerprint density at radius 1 is 1.12 bits per heavy atom. The highest BCUT2D eigenvalue weighted by atomic mass is 19.4. The molecule has 184 valence electrons. The molecule has 0 saturated carbocycles. The van der Waals surface area contributed by atoms with E-state index in [-0.39, 0.29) is 12.4 Å². The minimum atomic E-state index is -5.19. The van der Waals surface area contributed by atoms with Gasteiger partial charge in [-0.25, -0.2) is 4.79 Å². The second kappa shape index (κ2) is 10.9. The van der Waals surface area contributed by atoms with Crippen molar-refractivity contribution >= 4 is 23.5 Å². The highest BCUT2D eigenvalue weighted by Gasteiger charge is 2.36. The normalized spacial score (nSPS) is 23.9. The lowest BCUT2D eigenvalue weighted by Crippen LogP contribution is -2.53. The van der Waals surface area contributed by atoms with Crippen molar-refractivity contribution in [1.82, 2.24) is 0 Å². The van der Waals surface area contributed by atoms with Crippen LogP contribution in [0.25, 0.3) is 0 Å². The van der Waals surface area contributed by atoms with E-state index in [1.807, 2.05) is 12.1 Å². The number of nitrogen functional groups attached to an aromatic ring is 1. The molecule has 0 radical (unpaired) electrons. The standard InChI is InChI=1S/C20H30N4O2.C2HF3O2/c1-24(14-19(25)26)12-8-16(9-13-24)15-6-10-23(11-7-15)18-4-2-17(3-5-18)20(21)22;3-2(4,5)1(6)7/h2-5,15-16H,6-14H2,1H3,(H3-,21,22,25,26);(H,6,7)/t16-,24-;. The Balaban J connectivity index is 0.000000479. The van der Waals surface area contributed by atoms with Gasteiger partial charge in [-0.2, -0.15) is 13.2 Å². The molecule has 0 unspecified atom stereocenters. The van der Waals surface area contributed by atoms with Crippen LogP contribution >= 0.6 is 0 Å².